The molecule has 0 radical (unpaired) electrons. The zero-order chi connectivity index (χ0) is 11.4. The SMILES string of the molecule is Cc1ccc(Br)cc1C(=O)N[C@H](C)CN. The van der Waals surface area contributed by atoms with Gasteiger partial charge in [0, 0.05) is 22.6 Å². The molecule has 1 atom stereocenters. The largest absolute Gasteiger partial charge is 0.348 e. The third kappa shape index (κ3) is 3.32. The molecule has 0 bridgehead atoms. The molecule has 4 heteroatoms. The van der Waals surface area contributed by atoms with E-state index in [0.717, 1.165) is 10.0 Å². The minimum atomic E-state index is -0.0771. The molecule has 0 fully saturated rings. The number of halogens is 1. The first-order chi connectivity index (χ1) is 7.04. The van der Waals surface area contributed by atoms with Gasteiger partial charge in [-0.05, 0) is 31.5 Å². The molecule has 0 unspecified atom stereocenters. The zero-order valence-electron chi connectivity index (χ0n) is 8.88. The Kier molecular flexibility index (Phi) is 4.29. The minimum absolute atomic E-state index is 0.00381. The van der Waals surface area contributed by atoms with E-state index in [2.05, 4.69) is 21.2 Å². The predicted molar refractivity (Wildman–Crippen MR) is 64.9 cm³/mol. The number of rotatable bonds is 3. The Labute approximate surface area is 98.2 Å². The smallest absolute Gasteiger partial charge is 0.251 e. The van der Waals surface area contributed by atoms with Crippen LogP contribution in [0.1, 0.15) is 22.8 Å². The van der Waals surface area contributed by atoms with Crippen LogP contribution < -0.4 is 11.1 Å². The lowest BCUT2D eigenvalue weighted by Crippen LogP contribution is -2.38. The average molecular weight is 271 g/mol. The maximum Gasteiger partial charge on any atom is 0.251 e. The first kappa shape index (κ1) is 12.2. The normalized spacial score (nSPS) is 12.3. The second-order valence-electron chi connectivity index (χ2n) is 3.57. The number of carbonyl (C=O) groups excluding carboxylic acids is 1. The summed E-state index contributed by atoms with van der Waals surface area (Å²) in [5, 5.41) is 2.83. The van der Waals surface area contributed by atoms with Crippen molar-refractivity contribution >= 4 is 21.8 Å². The number of amides is 1. The van der Waals surface area contributed by atoms with Crippen LogP contribution in [0, 0.1) is 6.92 Å². The van der Waals surface area contributed by atoms with Crippen LogP contribution in [-0.2, 0) is 0 Å². The summed E-state index contributed by atoms with van der Waals surface area (Å²) in [4.78, 5) is 11.8. The standard InChI is InChI=1S/C11H15BrN2O/c1-7-3-4-9(12)5-10(7)11(15)14-8(2)6-13/h3-5,8H,6,13H2,1-2H3,(H,14,15)/t8-/m1/s1. The molecule has 1 aromatic rings. The third-order valence-electron chi connectivity index (χ3n) is 2.18. The molecule has 0 aliphatic carbocycles. The number of benzene rings is 1. The van der Waals surface area contributed by atoms with Gasteiger partial charge in [-0.3, -0.25) is 4.79 Å². The van der Waals surface area contributed by atoms with Crippen molar-refractivity contribution in [3.8, 4) is 0 Å². The molecule has 0 heterocycles. The Morgan fingerprint density at radius 1 is 1.60 bits per heavy atom. The molecular formula is C11H15BrN2O. The summed E-state index contributed by atoms with van der Waals surface area (Å²) in [6, 6.07) is 5.63. The summed E-state index contributed by atoms with van der Waals surface area (Å²) in [5.41, 5.74) is 7.09. The Hall–Kier alpha value is -0.870. The molecule has 0 aromatic heterocycles. The van der Waals surface area contributed by atoms with Gasteiger partial charge < -0.3 is 11.1 Å². The number of nitrogens with one attached hydrogen (secondary N) is 1. The minimum Gasteiger partial charge on any atom is -0.348 e. The molecule has 0 saturated carbocycles. The lowest BCUT2D eigenvalue weighted by Gasteiger charge is -2.12. The predicted octanol–water partition coefficient (Wildman–Crippen LogP) is 1.83. The molecule has 3 nitrogen and oxygen atoms in total. The first-order valence-electron chi connectivity index (χ1n) is 4.81. The van der Waals surface area contributed by atoms with Gasteiger partial charge in [0.1, 0.15) is 0 Å². The van der Waals surface area contributed by atoms with Crippen molar-refractivity contribution in [1.29, 1.82) is 0 Å². The zero-order valence-corrected chi connectivity index (χ0v) is 10.5. The average Bonchev–Trinajstić information content (AvgIpc) is 2.21. The van der Waals surface area contributed by atoms with Crippen molar-refractivity contribution in [2.45, 2.75) is 19.9 Å². The summed E-state index contributed by atoms with van der Waals surface area (Å²) in [6.07, 6.45) is 0. The topological polar surface area (TPSA) is 55.1 Å². The van der Waals surface area contributed by atoms with Gasteiger partial charge >= 0.3 is 0 Å². The van der Waals surface area contributed by atoms with Crippen LogP contribution in [0.3, 0.4) is 0 Å². The Bertz CT molecular complexity index is 366. The van der Waals surface area contributed by atoms with Crippen molar-refractivity contribution < 1.29 is 4.79 Å². The molecule has 82 valence electrons. The molecule has 15 heavy (non-hydrogen) atoms. The van der Waals surface area contributed by atoms with Crippen molar-refractivity contribution in [3.63, 3.8) is 0 Å². The molecule has 0 aliphatic rings. The number of nitrogens with two attached hydrogens (primary N) is 1. The quantitative estimate of drug-likeness (QED) is 0.881. The second-order valence-corrected chi connectivity index (χ2v) is 4.49. The number of hydrogen-bond acceptors (Lipinski definition) is 2. The van der Waals surface area contributed by atoms with Crippen molar-refractivity contribution in [3.05, 3.63) is 33.8 Å². The molecule has 1 aromatic carbocycles. The number of hydrogen-bond donors (Lipinski definition) is 2. The Balaban J connectivity index is 2.86. The third-order valence-corrected chi connectivity index (χ3v) is 2.67. The van der Waals surface area contributed by atoms with E-state index in [4.69, 9.17) is 5.73 Å². The van der Waals surface area contributed by atoms with Crippen LogP contribution in [0.2, 0.25) is 0 Å². The molecule has 0 aliphatic heterocycles. The molecule has 0 saturated heterocycles. The van der Waals surface area contributed by atoms with Crippen LogP contribution >= 0.6 is 15.9 Å². The van der Waals surface area contributed by atoms with E-state index in [0.29, 0.717) is 12.1 Å². The van der Waals surface area contributed by atoms with Gasteiger partial charge in [0.2, 0.25) is 0 Å². The molecular weight excluding hydrogens is 256 g/mol. The fourth-order valence-corrected chi connectivity index (χ4v) is 1.56. The number of aryl methyl sites for hydroxylation is 1. The molecule has 3 N–H and O–H groups in total. The maximum atomic E-state index is 11.8. The van der Waals surface area contributed by atoms with E-state index >= 15 is 0 Å². The van der Waals surface area contributed by atoms with Gasteiger partial charge in [0.15, 0.2) is 0 Å². The van der Waals surface area contributed by atoms with E-state index in [9.17, 15) is 4.79 Å². The monoisotopic (exact) mass is 270 g/mol. The van der Waals surface area contributed by atoms with Gasteiger partial charge in [0.05, 0.1) is 0 Å². The van der Waals surface area contributed by atoms with Crippen LogP contribution in [-0.4, -0.2) is 18.5 Å². The van der Waals surface area contributed by atoms with E-state index < -0.39 is 0 Å². The molecule has 0 spiro atoms. The van der Waals surface area contributed by atoms with Crippen molar-refractivity contribution in [2.75, 3.05) is 6.54 Å². The van der Waals surface area contributed by atoms with E-state index in [1.54, 1.807) is 0 Å². The lowest BCUT2D eigenvalue weighted by molar-refractivity contribution is 0.0940. The lowest BCUT2D eigenvalue weighted by atomic mass is 10.1. The summed E-state index contributed by atoms with van der Waals surface area (Å²) in [5.74, 6) is -0.0771. The van der Waals surface area contributed by atoms with Gasteiger partial charge in [-0.15, -0.1) is 0 Å². The van der Waals surface area contributed by atoms with Gasteiger partial charge in [0.25, 0.3) is 5.91 Å². The fourth-order valence-electron chi connectivity index (χ4n) is 1.20. The van der Waals surface area contributed by atoms with E-state index in [1.807, 2.05) is 32.0 Å². The highest BCUT2D eigenvalue weighted by molar-refractivity contribution is 9.10. The highest BCUT2D eigenvalue weighted by Crippen LogP contribution is 2.15. The van der Waals surface area contributed by atoms with Crippen LogP contribution in [0.15, 0.2) is 22.7 Å². The van der Waals surface area contributed by atoms with Crippen LogP contribution in [0.4, 0.5) is 0 Å². The van der Waals surface area contributed by atoms with Crippen molar-refractivity contribution in [1.82, 2.24) is 5.32 Å². The summed E-state index contributed by atoms with van der Waals surface area (Å²) >= 11 is 3.34. The van der Waals surface area contributed by atoms with E-state index in [-0.39, 0.29) is 11.9 Å². The first-order valence-corrected chi connectivity index (χ1v) is 5.61. The van der Waals surface area contributed by atoms with Crippen LogP contribution in [0.25, 0.3) is 0 Å². The van der Waals surface area contributed by atoms with Gasteiger partial charge in [-0.25, -0.2) is 0 Å². The van der Waals surface area contributed by atoms with Crippen molar-refractivity contribution in [2.24, 2.45) is 5.73 Å². The highest BCUT2D eigenvalue weighted by Gasteiger charge is 2.11. The summed E-state index contributed by atoms with van der Waals surface area (Å²) in [7, 11) is 0. The van der Waals surface area contributed by atoms with Crippen LogP contribution in [0.5, 0.6) is 0 Å². The summed E-state index contributed by atoms with van der Waals surface area (Å²) in [6.45, 7) is 4.23. The highest BCUT2D eigenvalue weighted by atomic mass is 79.9. The van der Waals surface area contributed by atoms with E-state index in [1.165, 1.54) is 0 Å². The maximum absolute atomic E-state index is 11.8. The Morgan fingerprint density at radius 3 is 2.87 bits per heavy atom. The molecule has 1 rings (SSSR count). The van der Waals surface area contributed by atoms with Gasteiger partial charge in [-0.1, -0.05) is 22.0 Å². The Morgan fingerprint density at radius 2 is 2.27 bits per heavy atom. The van der Waals surface area contributed by atoms with Gasteiger partial charge in [-0.2, -0.15) is 0 Å². The fraction of sp³-hybridized carbons (Fsp3) is 0.364. The number of carbonyl (C=O) groups is 1. The molecule has 1 amide bonds. The summed E-state index contributed by atoms with van der Waals surface area (Å²) < 4.78 is 0.902. The second kappa shape index (κ2) is 5.28.